The van der Waals surface area contributed by atoms with Gasteiger partial charge in [-0.3, -0.25) is 9.69 Å². The highest BCUT2D eigenvalue weighted by Crippen LogP contribution is 2.22. The maximum absolute atomic E-state index is 12.8. The number of nitrogens with zero attached hydrogens (tertiary/aromatic N) is 4. The Balaban J connectivity index is 1.66. The first-order chi connectivity index (χ1) is 12.0. The van der Waals surface area contributed by atoms with Gasteiger partial charge in [0.2, 0.25) is 16.3 Å². The van der Waals surface area contributed by atoms with Crippen LogP contribution in [-0.2, 0) is 14.8 Å². The van der Waals surface area contributed by atoms with E-state index in [1.54, 1.807) is 12.1 Å². The number of piperazine rings is 2. The van der Waals surface area contributed by atoms with E-state index in [1.165, 1.54) is 4.31 Å². The topological polar surface area (TPSA) is 64.2 Å². The smallest absolute Gasteiger partial charge is 0.243 e. The van der Waals surface area contributed by atoms with Crippen LogP contribution in [0.5, 0.6) is 0 Å². The van der Waals surface area contributed by atoms with E-state index in [-0.39, 0.29) is 6.54 Å². The molecule has 7 nitrogen and oxygen atoms in total. The van der Waals surface area contributed by atoms with Gasteiger partial charge in [0, 0.05) is 58.0 Å². The summed E-state index contributed by atoms with van der Waals surface area (Å²) >= 11 is 0. The van der Waals surface area contributed by atoms with Gasteiger partial charge in [0.15, 0.2) is 0 Å². The van der Waals surface area contributed by atoms with Crippen molar-refractivity contribution in [3.05, 3.63) is 24.3 Å². The Kier molecular flexibility index (Phi) is 5.73. The van der Waals surface area contributed by atoms with Gasteiger partial charge in [-0.15, -0.1) is 0 Å². The Hall–Kier alpha value is -1.48. The van der Waals surface area contributed by atoms with Crippen LogP contribution < -0.4 is 4.90 Å². The molecule has 25 heavy (non-hydrogen) atoms. The van der Waals surface area contributed by atoms with Crippen LogP contribution in [0.25, 0.3) is 0 Å². The van der Waals surface area contributed by atoms with Gasteiger partial charge < -0.3 is 9.80 Å². The molecule has 1 radical (unpaired) electrons. The molecule has 2 fully saturated rings. The van der Waals surface area contributed by atoms with Gasteiger partial charge in [-0.2, -0.15) is 4.31 Å². The maximum atomic E-state index is 12.8. The molecule has 2 saturated heterocycles. The second-order valence-corrected chi connectivity index (χ2v) is 8.55. The summed E-state index contributed by atoms with van der Waals surface area (Å²) in [6, 6.07) is 7.20. The zero-order valence-corrected chi connectivity index (χ0v) is 15.4. The van der Waals surface area contributed by atoms with Gasteiger partial charge in [0.25, 0.3) is 0 Å². The summed E-state index contributed by atoms with van der Waals surface area (Å²) in [6.07, 6.45) is 1.86. The quantitative estimate of drug-likeness (QED) is 0.723. The summed E-state index contributed by atoms with van der Waals surface area (Å²) in [5.41, 5.74) is 1.07. The van der Waals surface area contributed by atoms with Crippen LogP contribution in [0.1, 0.15) is 0 Å². The number of benzene rings is 1. The molecule has 2 aliphatic heterocycles. The minimum atomic E-state index is -3.48. The molecule has 3 rings (SSSR count). The van der Waals surface area contributed by atoms with Gasteiger partial charge in [0.05, 0.1) is 11.4 Å². The fourth-order valence-electron chi connectivity index (χ4n) is 3.26. The normalized spacial score (nSPS) is 21.4. The molecule has 0 aliphatic carbocycles. The molecule has 0 atom stereocenters. The number of likely N-dealkylation sites (N-methyl/N-ethyl adjacent to an activating group) is 1. The molecule has 0 saturated carbocycles. The first kappa shape index (κ1) is 18.3. The van der Waals surface area contributed by atoms with Gasteiger partial charge in [-0.1, -0.05) is 0 Å². The summed E-state index contributed by atoms with van der Waals surface area (Å²) < 4.78 is 27.1. The molecule has 0 aromatic heterocycles. The number of anilines is 1. The second kappa shape index (κ2) is 7.82. The monoisotopic (exact) mass is 365 g/mol. The lowest BCUT2D eigenvalue weighted by Crippen LogP contribution is -2.48. The fraction of sp³-hybridized carbons (Fsp3) is 0.588. The van der Waals surface area contributed by atoms with Crippen LogP contribution in [0.3, 0.4) is 0 Å². The summed E-state index contributed by atoms with van der Waals surface area (Å²) in [5.74, 6) is 0. The van der Waals surface area contributed by atoms with Crippen molar-refractivity contribution in [3.8, 4) is 0 Å². The highest BCUT2D eigenvalue weighted by molar-refractivity contribution is 7.89. The van der Waals surface area contributed by atoms with Crippen LogP contribution in [-0.4, -0.2) is 94.8 Å². The van der Waals surface area contributed by atoms with Crippen LogP contribution in [0.15, 0.2) is 29.2 Å². The Morgan fingerprint density at radius 3 is 2.08 bits per heavy atom. The van der Waals surface area contributed by atoms with Crippen LogP contribution >= 0.6 is 0 Å². The van der Waals surface area contributed by atoms with E-state index >= 15 is 0 Å². The highest BCUT2D eigenvalue weighted by Gasteiger charge is 2.28. The molecule has 1 aromatic carbocycles. The van der Waals surface area contributed by atoms with Crippen molar-refractivity contribution >= 4 is 22.0 Å². The largest absolute Gasteiger partial charge is 0.369 e. The average molecular weight is 365 g/mol. The van der Waals surface area contributed by atoms with Crippen molar-refractivity contribution in [2.45, 2.75) is 4.90 Å². The minimum Gasteiger partial charge on any atom is -0.369 e. The summed E-state index contributed by atoms with van der Waals surface area (Å²) in [7, 11) is -1.36. The van der Waals surface area contributed by atoms with Crippen LogP contribution in [0.4, 0.5) is 5.69 Å². The SMILES string of the molecule is CN1CCN(c2ccc(S(=O)(=O)N3CCN(C[C]=O)CC3)cc2)CC1. The van der Waals surface area contributed by atoms with Crippen molar-refractivity contribution < 1.29 is 13.2 Å². The fourth-order valence-corrected chi connectivity index (χ4v) is 4.68. The number of hydrogen-bond acceptors (Lipinski definition) is 6. The molecule has 8 heteroatoms. The van der Waals surface area contributed by atoms with E-state index in [0.29, 0.717) is 31.1 Å². The van der Waals surface area contributed by atoms with E-state index < -0.39 is 10.0 Å². The Bertz CT molecular complexity index is 676. The average Bonchev–Trinajstić information content (AvgIpc) is 2.63. The number of rotatable bonds is 5. The minimum absolute atomic E-state index is 0.244. The molecule has 0 amide bonds. The third-order valence-electron chi connectivity index (χ3n) is 4.96. The van der Waals surface area contributed by atoms with Gasteiger partial charge >= 0.3 is 0 Å². The number of carbonyl (C=O) groups excluding carboxylic acids is 1. The van der Waals surface area contributed by atoms with Gasteiger partial charge in [-0.25, -0.2) is 8.42 Å². The number of hydrogen-bond donors (Lipinski definition) is 0. The zero-order chi connectivity index (χ0) is 17.9. The standard InChI is InChI=1S/C17H25N4O3S/c1-18-6-10-20(11-7-18)16-2-4-17(5-3-16)25(23,24)21-12-8-19(9-13-21)14-15-22/h2-5H,6-14H2,1H3. The molecule has 0 bridgehead atoms. The van der Waals surface area contributed by atoms with E-state index in [2.05, 4.69) is 16.8 Å². The molecule has 137 valence electrons. The second-order valence-electron chi connectivity index (χ2n) is 6.61. The molecule has 0 spiro atoms. The van der Waals surface area contributed by atoms with Crippen molar-refractivity contribution in [2.24, 2.45) is 0 Å². The molecule has 2 heterocycles. The molecule has 2 aliphatic rings. The summed E-state index contributed by atoms with van der Waals surface area (Å²) in [4.78, 5) is 17.3. The third-order valence-corrected chi connectivity index (χ3v) is 6.88. The third kappa shape index (κ3) is 4.20. The zero-order valence-electron chi connectivity index (χ0n) is 14.6. The summed E-state index contributed by atoms with van der Waals surface area (Å²) in [6.45, 7) is 6.13. The predicted molar refractivity (Wildman–Crippen MR) is 97.0 cm³/mol. The Labute approximate surface area is 149 Å². The van der Waals surface area contributed by atoms with Crippen LogP contribution in [0.2, 0.25) is 0 Å². The van der Waals surface area contributed by atoms with Crippen molar-refractivity contribution in [1.29, 1.82) is 0 Å². The molecule has 0 unspecified atom stereocenters. The molecular formula is C17H25N4O3S. The molecule has 1 aromatic rings. The first-order valence-corrected chi connectivity index (χ1v) is 10.1. The Morgan fingerprint density at radius 2 is 1.52 bits per heavy atom. The van der Waals surface area contributed by atoms with E-state index in [1.807, 2.05) is 23.3 Å². The Morgan fingerprint density at radius 1 is 0.920 bits per heavy atom. The lowest BCUT2D eigenvalue weighted by molar-refractivity contribution is 0.208. The van der Waals surface area contributed by atoms with E-state index in [0.717, 1.165) is 31.9 Å². The van der Waals surface area contributed by atoms with Crippen molar-refractivity contribution in [1.82, 2.24) is 14.1 Å². The van der Waals surface area contributed by atoms with Gasteiger partial charge in [-0.05, 0) is 31.3 Å². The van der Waals surface area contributed by atoms with Crippen molar-refractivity contribution in [2.75, 3.05) is 70.9 Å². The van der Waals surface area contributed by atoms with E-state index in [9.17, 15) is 13.2 Å². The lowest BCUT2D eigenvalue weighted by Gasteiger charge is -2.34. The van der Waals surface area contributed by atoms with E-state index in [4.69, 9.17) is 0 Å². The lowest BCUT2D eigenvalue weighted by atomic mass is 10.2. The van der Waals surface area contributed by atoms with Crippen molar-refractivity contribution in [3.63, 3.8) is 0 Å². The predicted octanol–water partition coefficient (Wildman–Crippen LogP) is -0.146. The first-order valence-electron chi connectivity index (χ1n) is 8.62. The summed E-state index contributed by atoms with van der Waals surface area (Å²) in [5, 5.41) is 0. The molecular weight excluding hydrogens is 340 g/mol. The maximum Gasteiger partial charge on any atom is 0.243 e. The number of sulfonamides is 1. The van der Waals surface area contributed by atoms with Crippen LogP contribution in [0, 0.1) is 0 Å². The highest BCUT2D eigenvalue weighted by atomic mass is 32.2. The molecule has 0 N–H and O–H groups in total. The van der Waals surface area contributed by atoms with Gasteiger partial charge in [0.1, 0.15) is 0 Å².